The molecule has 0 aliphatic heterocycles. The fraction of sp³-hybridized carbons (Fsp3) is 0.600. The third-order valence-corrected chi connectivity index (χ3v) is 1.33. The van der Waals surface area contributed by atoms with E-state index < -0.39 is 10.1 Å². The first kappa shape index (κ1) is 10.9. The van der Waals surface area contributed by atoms with E-state index >= 15 is 0 Å². The van der Waals surface area contributed by atoms with Gasteiger partial charge >= 0.3 is 10.1 Å². The zero-order valence-electron chi connectivity index (χ0n) is 6.97. The van der Waals surface area contributed by atoms with Gasteiger partial charge < -0.3 is 5.21 Å². The van der Waals surface area contributed by atoms with Gasteiger partial charge in [0.15, 0.2) is 0 Å². The predicted octanol–water partition coefficient (Wildman–Crippen LogP) is 0.189. The van der Waals surface area contributed by atoms with Crippen molar-refractivity contribution in [2.24, 2.45) is 10.3 Å². The van der Waals surface area contributed by atoms with Crippen LogP contribution in [0.25, 0.3) is 0 Å². The lowest BCUT2D eigenvalue weighted by atomic mass is 10.3. The highest BCUT2D eigenvalue weighted by Crippen LogP contribution is 1.90. The standard InChI is InChI=1S/C5H10N2O4S/c1-4(6-8)5(2)7-11-12(3,9)10/h8H,1-3H3. The second kappa shape index (κ2) is 4.05. The monoisotopic (exact) mass is 194 g/mol. The third kappa shape index (κ3) is 4.67. The number of oxime groups is 2. The van der Waals surface area contributed by atoms with Crippen molar-refractivity contribution in [2.75, 3.05) is 6.26 Å². The van der Waals surface area contributed by atoms with Crippen LogP contribution in [-0.4, -0.2) is 31.3 Å². The zero-order valence-corrected chi connectivity index (χ0v) is 7.79. The maximum Gasteiger partial charge on any atom is 0.325 e. The minimum atomic E-state index is -3.59. The van der Waals surface area contributed by atoms with Gasteiger partial charge in [0, 0.05) is 0 Å². The molecule has 0 heterocycles. The van der Waals surface area contributed by atoms with Crippen molar-refractivity contribution in [1.29, 1.82) is 0 Å². The average Bonchev–Trinajstić information content (AvgIpc) is 1.97. The smallest absolute Gasteiger partial charge is 0.325 e. The highest BCUT2D eigenvalue weighted by Gasteiger charge is 2.02. The van der Waals surface area contributed by atoms with Gasteiger partial charge in [-0.15, -0.1) is 0 Å². The van der Waals surface area contributed by atoms with E-state index in [4.69, 9.17) is 5.21 Å². The Morgan fingerprint density at radius 3 is 2.17 bits per heavy atom. The average molecular weight is 194 g/mol. The topological polar surface area (TPSA) is 88.3 Å². The normalized spacial score (nSPS) is 14.6. The fourth-order valence-corrected chi connectivity index (χ4v) is 0.509. The number of hydrogen-bond donors (Lipinski definition) is 1. The molecular formula is C5H10N2O4S. The van der Waals surface area contributed by atoms with E-state index in [9.17, 15) is 8.42 Å². The first-order valence-electron chi connectivity index (χ1n) is 2.99. The van der Waals surface area contributed by atoms with Gasteiger partial charge in [0.2, 0.25) is 0 Å². The number of rotatable bonds is 3. The van der Waals surface area contributed by atoms with Crippen LogP contribution < -0.4 is 0 Å². The summed E-state index contributed by atoms with van der Waals surface area (Å²) in [6.07, 6.45) is 0.870. The first-order valence-corrected chi connectivity index (χ1v) is 4.80. The summed E-state index contributed by atoms with van der Waals surface area (Å²) in [7, 11) is -3.59. The van der Waals surface area contributed by atoms with Crippen molar-refractivity contribution < 1.29 is 17.9 Å². The van der Waals surface area contributed by atoms with Crippen molar-refractivity contribution in [3.8, 4) is 0 Å². The molecule has 0 saturated carbocycles. The highest BCUT2D eigenvalue weighted by molar-refractivity contribution is 7.85. The molecule has 6 nitrogen and oxygen atoms in total. The van der Waals surface area contributed by atoms with Gasteiger partial charge in [0.1, 0.15) is 11.4 Å². The van der Waals surface area contributed by atoms with Crippen molar-refractivity contribution in [3.05, 3.63) is 0 Å². The Morgan fingerprint density at radius 2 is 1.83 bits per heavy atom. The van der Waals surface area contributed by atoms with Gasteiger partial charge in [-0.1, -0.05) is 10.3 Å². The summed E-state index contributed by atoms with van der Waals surface area (Å²) in [4.78, 5) is 0. The highest BCUT2D eigenvalue weighted by atomic mass is 32.2. The summed E-state index contributed by atoms with van der Waals surface area (Å²) in [5.74, 6) is 0. The predicted molar refractivity (Wildman–Crippen MR) is 43.9 cm³/mol. The van der Waals surface area contributed by atoms with E-state index in [1.54, 1.807) is 0 Å². The molecule has 0 fully saturated rings. The molecular weight excluding hydrogens is 184 g/mol. The Bertz CT molecular complexity index is 303. The molecule has 0 aromatic carbocycles. The molecule has 0 rings (SSSR count). The molecule has 12 heavy (non-hydrogen) atoms. The Morgan fingerprint density at radius 1 is 1.33 bits per heavy atom. The van der Waals surface area contributed by atoms with Crippen LogP contribution in [0.4, 0.5) is 0 Å². The zero-order chi connectivity index (χ0) is 9.78. The van der Waals surface area contributed by atoms with Crippen LogP contribution in [-0.2, 0) is 14.4 Å². The molecule has 0 saturated heterocycles. The molecule has 1 N–H and O–H groups in total. The molecule has 0 aromatic heterocycles. The van der Waals surface area contributed by atoms with Crippen molar-refractivity contribution in [3.63, 3.8) is 0 Å². The lowest BCUT2D eigenvalue weighted by Crippen LogP contribution is -2.08. The number of nitrogens with zero attached hydrogens (tertiary/aromatic N) is 2. The lowest BCUT2D eigenvalue weighted by molar-refractivity contribution is 0.318. The van der Waals surface area contributed by atoms with Crippen molar-refractivity contribution in [1.82, 2.24) is 0 Å². The molecule has 0 aliphatic carbocycles. The minimum absolute atomic E-state index is 0.193. The third-order valence-electron chi connectivity index (χ3n) is 0.983. The maximum atomic E-state index is 10.4. The molecule has 0 aromatic rings. The van der Waals surface area contributed by atoms with Crippen LogP contribution in [0.15, 0.2) is 10.3 Å². The summed E-state index contributed by atoms with van der Waals surface area (Å²) in [6.45, 7) is 2.92. The van der Waals surface area contributed by atoms with Crippen LogP contribution in [0, 0.1) is 0 Å². The van der Waals surface area contributed by atoms with Gasteiger partial charge in [-0.25, -0.2) is 0 Å². The molecule has 0 atom stereocenters. The molecule has 7 heteroatoms. The molecule has 70 valence electrons. The van der Waals surface area contributed by atoms with Crippen LogP contribution in [0.5, 0.6) is 0 Å². The summed E-state index contributed by atoms with van der Waals surface area (Å²) in [6, 6.07) is 0. The Hall–Kier alpha value is -1.11. The first-order chi connectivity index (χ1) is 5.37. The van der Waals surface area contributed by atoms with Crippen LogP contribution in [0.2, 0.25) is 0 Å². The van der Waals surface area contributed by atoms with Gasteiger partial charge in [0.05, 0.1) is 6.26 Å². The Kier molecular flexibility index (Phi) is 3.68. The van der Waals surface area contributed by atoms with E-state index in [1.165, 1.54) is 13.8 Å². The fourth-order valence-electron chi connectivity index (χ4n) is 0.262. The second-order valence-corrected chi connectivity index (χ2v) is 3.70. The van der Waals surface area contributed by atoms with E-state index in [1.807, 2.05) is 0 Å². The molecule has 0 bridgehead atoms. The van der Waals surface area contributed by atoms with E-state index in [2.05, 4.69) is 14.6 Å². The molecule has 0 aliphatic rings. The van der Waals surface area contributed by atoms with E-state index in [0.717, 1.165) is 6.26 Å². The quantitative estimate of drug-likeness (QED) is 0.394. The summed E-state index contributed by atoms with van der Waals surface area (Å²) >= 11 is 0. The molecule has 0 unspecified atom stereocenters. The second-order valence-electron chi connectivity index (χ2n) is 2.14. The van der Waals surface area contributed by atoms with Gasteiger partial charge in [-0.3, -0.25) is 4.28 Å². The van der Waals surface area contributed by atoms with Crippen LogP contribution in [0.3, 0.4) is 0 Å². The molecule has 0 amide bonds. The van der Waals surface area contributed by atoms with Gasteiger partial charge in [0.25, 0.3) is 0 Å². The Labute approximate surface area is 70.6 Å². The lowest BCUT2D eigenvalue weighted by Gasteiger charge is -1.96. The SMILES string of the molecule is CC(=NO)C(C)=NOS(C)(=O)=O. The summed E-state index contributed by atoms with van der Waals surface area (Å²) < 4.78 is 24.9. The van der Waals surface area contributed by atoms with Crippen LogP contribution in [0.1, 0.15) is 13.8 Å². The molecule has 0 radical (unpaired) electrons. The maximum absolute atomic E-state index is 10.4. The van der Waals surface area contributed by atoms with Crippen molar-refractivity contribution >= 4 is 21.5 Å². The van der Waals surface area contributed by atoms with E-state index in [0.29, 0.717) is 0 Å². The van der Waals surface area contributed by atoms with Crippen LogP contribution >= 0.6 is 0 Å². The minimum Gasteiger partial charge on any atom is -0.411 e. The van der Waals surface area contributed by atoms with Crippen molar-refractivity contribution in [2.45, 2.75) is 13.8 Å². The largest absolute Gasteiger partial charge is 0.411 e. The summed E-state index contributed by atoms with van der Waals surface area (Å²) in [5, 5.41) is 14.2. The van der Waals surface area contributed by atoms with E-state index in [-0.39, 0.29) is 11.4 Å². The Balaban J connectivity index is 4.41. The molecule has 0 spiro atoms. The number of hydrogen-bond acceptors (Lipinski definition) is 6. The van der Waals surface area contributed by atoms with Gasteiger partial charge in [-0.2, -0.15) is 8.42 Å². The van der Waals surface area contributed by atoms with Gasteiger partial charge in [-0.05, 0) is 13.8 Å². The summed E-state index contributed by atoms with van der Waals surface area (Å²) in [5.41, 5.74) is 0.390.